The molecule has 0 aliphatic heterocycles. The second-order valence-corrected chi connectivity index (χ2v) is 6.16. The Labute approximate surface area is 115 Å². The van der Waals surface area contributed by atoms with Crippen LogP contribution in [0.25, 0.3) is 0 Å². The molecule has 1 fully saturated rings. The third kappa shape index (κ3) is 4.11. The van der Waals surface area contributed by atoms with Crippen molar-refractivity contribution >= 4 is 11.7 Å². The Bertz CT molecular complexity index is 340. The maximum absolute atomic E-state index is 12.4. The van der Waals surface area contributed by atoms with Crippen LogP contribution >= 0.6 is 0 Å². The summed E-state index contributed by atoms with van der Waals surface area (Å²) in [4.78, 5) is 12.4. The number of nitrogens with one attached hydrogen (secondary N) is 1. The second kappa shape index (κ2) is 6.78. The van der Waals surface area contributed by atoms with E-state index in [1.54, 1.807) is 0 Å². The molecule has 1 aliphatic rings. The number of hydrogen-bond donors (Lipinski definition) is 3. The lowest BCUT2D eigenvalue weighted by molar-refractivity contribution is -0.130. The van der Waals surface area contributed by atoms with Gasteiger partial charge in [0, 0.05) is 5.92 Å². The molecular weight excluding hydrogens is 242 g/mol. The highest BCUT2D eigenvalue weighted by atomic mass is 16.4. The molecule has 0 heterocycles. The van der Waals surface area contributed by atoms with Gasteiger partial charge in [-0.3, -0.25) is 4.79 Å². The first-order chi connectivity index (χ1) is 8.92. The molecule has 1 aliphatic carbocycles. The number of hydrogen-bond acceptors (Lipinski definition) is 3. The Hall–Kier alpha value is -1.26. The van der Waals surface area contributed by atoms with E-state index in [1.807, 2.05) is 6.92 Å². The molecule has 0 aromatic carbocycles. The molecule has 1 rings (SSSR count). The standard InChI is InChI=1S/C14H27N3O2/c1-4-7-11(12(15)17-19)16-13(18)10-8-5-6-9-14(10,2)3/h10-11,19H,4-9H2,1-3H3,(H2,15,17)(H,16,18). The lowest BCUT2D eigenvalue weighted by Crippen LogP contribution is -2.49. The lowest BCUT2D eigenvalue weighted by atomic mass is 9.68. The zero-order valence-electron chi connectivity index (χ0n) is 12.3. The summed E-state index contributed by atoms with van der Waals surface area (Å²) in [6.45, 7) is 6.30. The van der Waals surface area contributed by atoms with Gasteiger partial charge in [0.1, 0.15) is 0 Å². The van der Waals surface area contributed by atoms with Crippen LogP contribution in [0.15, 0.2) is 5.16 Å². The first kappa shape index (κ1) is 15.8. The van der Waals surface area contributed by atoms with Gasteiger partial charge in [0.15, 0.2) is 5.84 Å². The Morgan fingerprint density at radius 2 is 2.21 bits per heavy atom. The van der Waals surface area contributed by atoms with Crippen molar-refractivity contribution in [2.75, 3.05) is 0 Å². The van der Waals surface area contributed by atoms with Crippen molar-refractivity contribution in [3.05, 3.63) is 0 Å². The highest BCUT2D eigenvalue weighted by Crippen LogP contribution is 2.40. The molecule has 0 bridgehead atoms. The Balaban J connectivity index is 2.70. The lowest BCUT2D eigenvalue weighted by Gasteiger charge is -2.38. The number of nitrogens with two attached hydrogens (primary N) is 1. The number of rotatable bonds is 5. The number of nitrogens with zero attached hydrogens (tertiary/aromatic N) is 1. The van der Waals surface area contributed by atoms with Crippen LogP contribution in [0.1, 0.15) is 59.3 Å². The van der Waals surface area contributed by atoms with Crippen molar-refractivity contribution in [2.45, 2.75) is 65.3 Å². The fourth-order valence-electron chi connectivity index (χ4n) is 2.90. The fraction of sp³-hybridized carbons (Fsp3) is 0.857. The molecule has 1 saturated carbocycles. The predicted octanol–water partition coefficient (Wildman–Crippen LogP) is 2.23. The van der Waals surface area contributed by atoms with Gasteiger partial charge in [0.2, 0.25) is 5.91 Å². The topological polar surface area (TPSA) is 87.7 Å². The van der Waals surface area contributed by atoms with E-state index in [0.717, 1.165) is 25.7 Å². The zero-order valence-corrected chi connectivity index (χ0v) is 12.3. The van der Waals surface area contributed by atoms with E-state index in [1.165, 1.54) is 6.42 Å². The monoisotopic (exact) mass is 269 g/mol. The first-order valence-corrected chi connectivity index (χ1v) is 7.20. The van der Waals surface area contributed by atoms with Gasteiger partial charge in [-0.1, -0.05) is 45.2 Å². The molecule has 0 radical (unpaired) electrons. The summed E-state index contributed by atoms with van der Waals surface area (Å²) in [6.07, 6.45) is 5.85. The minimum Gasteiger partial charge on any atom is -0.409 e. The van der Waals surface area contributed by atoms with Crippen molar-refractivity contribution in [2.24, 2.45) is 22.2 Å². The summed E-state index contributed by atoms with van der Waals surface area (Å²) in [6, 6.07) is -0.361. The number of amides is 1. The summed E-state index contributed by atoms with van der Waals surface area (Å²) >= 11 is 0. The molecule has 110 valence electrons. The van der Waals surface area contributed by atoms with Crippen LogP contribution < -0.4 is 11.1 Å². The highest BCUT2D eigenvalue weighted by molar-refractivity contribution is 5.90. The van der Waals surface area contributed by atoms with Crippen LogP contribution in [0, 0.1) is 11.3 Å². The SMILES string of the molecule is CCCC(NC(=O)C1CCCCC1(C)C)C(N)=NO. The van der Waals surface area contributed by atoms with Gasteiger partial charge in [0.05, 0.1) is 6.04 Å². The van der Waals surface area contributed by atoms with E-state index >= 15 is 0 Å². The van der Waals surface area contributed by atoms with Gasteiger partial charge in [0.25, 0.3) is 0 Å². The first-order valence-electron chi connectivity index (χ1n) is 7.20. The molecule has 1 amide bonds. The molecule has 5 heteroatoms. The van der Waals surface area contributed by atoms with Crippen LogP contribution in [-0.2, 0) is 4.79 Å². The van der Waals surface area contributed by atoms with Gasteiger partial charge in [-0.15, -0.1) is 0 Å². The van der Waals surface area contributed by atoms with E-state index in [-0.39, 0.29) is 29.1 Å². The molecule has 0 aromatic heterocycles. The van der Waals surface area contributed by atoms with Crippen LogP contribution in [0.4, 0.5) is 0 Å². The van der Waals surface area contributed by atoms with E-state index in [0.29, 0.717) is 6.42 Å². The maximum atomic E-state index is 12.4. The smallest absolute Gasteiger partial charge is 0.224 e. The van der Waals surface area contributed by atoms with Crippen LogP contribution in [0.3, 0.4) is 0 Å². The van der Waals surface area contributed by atoms with E-state index in [9.17, 15) is 4.79 Å². The van der Waals surface area contributed by atoms with Crippen molar-refractivity contribution < 1.29 is 10.0 Å². The quantitative estimate of drug-likeness (QED) is 0.309. The molecule has 0 spiro atoms. The minimum absolute atomic E-state index is 0.0205. The maximum Gasteiger partial charge on any atom is 0.224 e. The Morgan fingerprint density at radius 3 is 2.74 bits per heavy atom. The zero-order chi connectivity index (χ0) is 14.5. The summed E-state index contributed by atoms with van der Waals surface area (Å²) in [5.74, 6) is 0.144. The number of carbonyl (C=O) groups excluding carboxylic acids is 1. The molecular formula is C14H27N3O2. The van der Waals surface area contributed by atoms with Crippen LogP contribution in [0.5, 0.6) is 0 Å². The molecule has 19 heavy (non-hydrogen) atoms. The van der Waals surface area contributed by atoms with Gasteiger partial charge in [-0.2, -0.15) is 0 Å². The van der Waals surface area contributed by atoms with E-state index in [4.69, 9.17) is 10.9 Å². The summed E-state index contributed by atoms with van der Waals surface area (Å²) in [5, 5.41) is 14.7. The van der Waals surface area contributed by atoms with Crippen molar-refractivity contribution in [1.29, 1.82) is 0 Å². The third-order valence-corrected chi connectivity index (χ3v) is 4.19. The number of carbonyl (C=O) groups is 1. The van der Waals surface area contributed by atoms with Gasteiger partial charge in [-0.05, 0) is 24.7 Å². The van der Waals surface area contributed by atoms with E-state index < -0.39 is 0 Å². The summed E-state index contributed by atoms with van der Waals surface area (Å²) in [7, 11) is 0. The minimum atomic E-state index is -0.361. The largest absolute Gasteiger partial charge is 0.409 e. The van der Waals surface area contributed by atoms with Gasteiger partial charge >= 0.3 is 0 Å². The van der Waals surface area contributed by atoms with Gasteiger partial charge < -0.3 is 16.3 Å². The molecule has 0 saturated heterocycles. The fourth-order valence-corrected chi connectivity index (χ4v) is 2.90. The second-order valence-electron chi connectivity index (χ2n) is 6.16. The van der Waals surface area contributed by atoms with Crippen molar-refractivity contribution in [3.8, 4) is 0 Å². The Morgan fingerprint density at radius 1 is 1.53 bits per heavy atom. The highest BCUT2D eigenvalue weighted by Gasteiger charge is 2.37. The molecule has 4 N–H and O–H groups in total. The average Bonchev–Trinajstić information content (AvgIpc) is 2.36. The van der Waals surface area contributed by atoms with Crippen LogP contribution in [0.2, 0.25) is 0 Å². The van der Waals surface area contributed by atoms with Crippen LogP contribution in [-0.4, -0.2) is 23.0 Å². The third-order valence-electron chi connectivity index (χ3n) is 4.19. The molecule has 0 aromatic rings. The summed E-state index contributed by atoms with van der Waals surface area (Å²) in [5.41, 5.74) is 5.67. The van der Waals surface area contributed by atoms with Crippen molar-refractivity contribution in [3.63, 3.8) is 0 Å². The predicted molar refractivity (Wildman–Crippen MR) is 76.0 cm³/mol. The Kier molecular flexibility index (Phi) is 5.63. The average molecular weight is 269 g/mol. The molecule has 2 unspecified atom stereocenters. The molecule has 2 atom stereocenters. The number of amidine groups is 1. The van der Waals surface area contributed by atoms with Gasteiger partial charge in [-0.25, -0.2) is 0 Å². The summed E-state index contributed by atoms with van der Waals surface area (Å²) < 4.78 is 0. The van der Waals surface area contributed by atoms with E-state index in [2.05, 4.69) is 24.3 Å². The molecule has 5 nitrogen and oxygen atoms in total. The normalized spacial score (nSPS) is 24.8. The number of oxime groups is 1. The van der Waals surface area contributed by atoms with Crippen molar-refractivity contribution in [1.82, 2.24) is 5.32 Å².